The Labute approximate surface area is 243 Å². The molecule has 0 unspecified atom stereocenters. The maximum Gasteiger partial charge on any atom is 0.227 e. The number of pyridine rings is 1. The first-order chi connectivity index (χ1) is 20.8. The minimum atomic E-state index is 0.655. The number of rotatable bonds is 5. The number of nitrogens with zero attached hydrogens (tertiary/aromatic N) is 2. The largest absolute Gasteiger partial charge is 0.438 e. The van der Waals surface area contributed by atoms with Gasteiger partial charge in [-0.15, -0.1) is 0 Å². The Kier molecular flexibility index (Phi) is 5.79. The summed E-state index contributed by atoms with van der Waals surface area (Å²) in [5, 5.41) is 4.59. The molecule has 2 aromatic heterocycles. The van der Waals surface area contributed by atoms with E-state index in [1.807, 2.05) is 12.1 Å². The summed E-state index contributed by atoms with van der Waals surface area (Å²) in [4.78, 5) is 6.71. The summed E-state index contributed by atoms with van der Waals surface area (Å²) in [6.45, 7) is 0. The third-order valence-corrected chi connectivity index (χ3v) is 7.95. The van der Waals surface area contributed by atoms with Crippen molar-refractivity contribution in [3.05, 3.63) is 158 Å². The molecule has 0 aliphatic carbocycles. The van der Waals surface area contributed by atoms with Crippen LogP contribution < -0.4 is 4.90 Å². The fourth-order valence-corrected chi connectivity index (χ4v) is 5.89. The van der Waals surface area contributed by atoms with Crippen LogP contribution in [-0.4, -0.2) is 4.98 Å². The Morgan fingerprint density at radius 2 is 1.10 bits per heavy atom. The van der Waals surface area contributed by atoms with Crippen molar-refractivity contribution >= 4 is 49.9 Å². The van der Waals surface area contributed by atoms with Gasteiger partial charge in [0, 0.05) is 40.1 Å². The van der Waals surface area contributed by atoms with Gasteiger partial charge in [-0.3, -0.25) is 0 Å². The van der Waals surface area contributed by atoms with Gasteiger partial charge in [0.1, 0.15) is 5.58 Å². The lowest BCUT2D eigenvalue weighted by Crippen LogP contribution is -2.09. The number of aromatic nitrogens is 1. The zero-order valence-electron chi connectivity index (χ0n) is 22.8. The molecule has 6 aromatic carbocycles. The highest BCUT2D eigenvalue weighted by Gasteiger charge is 2.16. The van der Waals surface area contributed by atoms with E-state index >= 15 is 0 Å². The average molecular weight is 539 g/mol. The molecule has 0 radical (unpaired) electrons. The van der Waals surface area contributed by atoms with Gasteiger partial charge in [0.15, 0.2) is 0 Å². The molecule has 42 heavy (non-hydrogen) atoms. The highest BCUT2D eigenvalue weighted by molar-refractivity contribution is 6.05. The van der Waals surface area contributed by atoms with E-state index in [2.05, 4.69) is 149 Å². The van der Waals surface area contributed by atoms with Gasteiger partial charge in [-0.05, 0) is 81.6 Å². The van der Waals surface area contributed by atoms with Crippen molar-refractivity contribution < 1.29 is 4.42 Å². The lowest BCUT2D eigenvalue weighted by atomic mass is 9.98. The van der Waals surface area contributed by atoms with Crippen molar-refractivity contribution in [1.29, 1.82) is 0 Å². The molecular formula is C39H26N2O. The fraction of sp³-hybridized carbons (Fsp3) is 0. The van der Waals surface area contributed by atoms with Crippen molar-refractivity contribution in [3.8, 4) is 22.3 Å². The van der Waals surface area contributed by atoms with Gasteiger partial charge < -0.3 is 9.32 Å². The van der Waals surface area contributed by atoms with Crippen LogP contribution in [0.5, 0.6) is 0 Å². The smallest absolute Gasteiger partial charge is 0.227 e. The van der Waals surface area contributed by atoms with Crippen molar-refractivity contribution in [2.75, 3.05) is 4.90 Å². The van der Waals surface area contributed by atoms with Gasteiger partial charge in [-0.1, -0.05) is 97.1 Å². The maximum absolute atomic E-state index is 6.17. The normalized spacial score (nSPS) is 11.3. The summed E-state index contributed by atoms with van der Waals surface area (Å²) >= 11 is 0. The molecule has 3 heteroatoms. The van der Waals surface area contributed by atoms with E-state index in [0.29, 0.717) is 5.71 Å². The zero-order chi connectivity index (χ0) is 27.9. The second kappa shape index (κ2) is 10.1. The van der Waals surface area contributed by atoms with Gasteiger partial charge >= 0.3 is 0 Å². The topological polar surface area (TPSA) is 29.3 Å². The third-order valence-electron chi connectivity index (χ3n) is 7.95. The second-order valence-corrected chi connectivity index (χ2v) is 10.5. The molecule has 0 bridgehead atoms. The van der Waals surface area contributed by atoms with E-state index in [1.54, 1.807) is 6.20 Å². The standard InChI is InChI=1S/C39H26N2O/c1-2-8-27(9-3-1)28-15-19-31(20-16-28)41(33-23-24-36-37-14-7-25-40-39(37)42-38(36)26-33)32-21-17-30(18-22-32)35-13-6-11-29-10-4-5-12-34(29)35/h1-26H. The number of hydrogen-bond donors (Lipinski definition) is 0. The van der Waals surface area contributed by atoms with Crippen LogP contribution in [0.3, 0.4) is 0 Å². The fourth-order valence-electron chi connectivity index (χ4n) is 5.89. The van der Waals surface area contributed by atoms with E-state index < -0.39 is 0 Å². The Hall–Kier alpha value is -5.67. The molecule has 0 fully saturated rings. The summed E-state index contributed by atoms with van der Waals surface area (Å²) in [6, 6.07) is 53.5. The summed E-state index contributed by atoms with van der Waals surface area (Å²) in [7, 11) is 0. The van der Waals surface area contributed by atoms with Gasteiger partial charge in [0.2, 0.25) is 5.71 Å². The first-order valence-electron chi connectivity index (χ1n) is 14.1. The molecule has 0 aliphatic heterocycles. The van der Waals surface area contributed by atoms with Crippen LogP contribution in [-0.2, 0) is 0 Å². The van der Waals surface area contributed by atoms with E-state index in [1.165, 1.54) is 33.0 Å². The summed E-state index contributed by atoms with van der Waals surface area (Å²) in [6.07, 6.45) is 1.77. The SMILES string of the molecule is c1ccc(-c2ccc(N(c3ccc(-c4cccc5ccccc45)cc3)c3ccc4c(c3)oc3ncccc34)cc2)cc1. The number of anilines is 3. The molecule has 0 saturated heterocycles. The Bertz CT molecular complexity index is 2170. The van der Waals surface area contributed by atoms with Gasteiger partial charge in [-0.2, -0.15) is 0 Å². The summed E-state index contributed by atoms with van der Waals surface area (Å²) in [5.41, 5.74) is 9.44. The van der Waals surface area contributed by atoms with Crippen LogP contribution in [0.15, 0.2) is 162 Å². The molecule has 198 valence electrons. The minimum Gasteiger partial charge on any atom is -0.438 e. The van der Waals surface area contributed by atoms with Gasteiger partial charge in [-0.25, -0.2) is 4.98 Å². The maximum atomic E-state index is 6.17. The highest BCUT2D eigenvalue weighted by Crippen LogP contribution is 2.40. The Balaban J connectivity index is 1.24. The van der Waals surface area contributed by atoms with Crippen LogP contribution in [0, 0.1) is 0 Å². The Morgan fingerprint density at radius 3 is 1.90 bits per heavy atom. The Morgan fingerprint density at radius 1 is 0.452 bits per heavy atom. The molecule has 3 nitrogen and oxygen atoms in total. The van der Waals surface area contributed by atoms with Crippen molar-refractivity contribution in [1.82, 2.24) is 4.98 Å². The molecule has 0 aliphatic rings. The molecular weight excluding hydrogens is 512 g/mol. The molecule has 0 N–H and O–H groups in total. The van der Waals surface area contributed by atoms with Crippen LogP contribution in [0.25, 0.3) is 55.1 Å². The first kappa shape index (κ1) is 24.2. The number of fused-ring (bicyclic) bond motifs is 4. The van der Waals surface area contributed by atoms with Crippen LogP contribution in [0.4, 0.5) is 17.1 Å². The number of hydrogen-bond acceptors (Lipinski definition) is 3. The molecule has 0 atom stereocenters. The van der Waals surface area contributed by atoms with Crippen molar-refractivity contribution in [2.45, 2.75) is 0 Å². The summed E-state index contributed by atoms with van der Waals surface area (Å²) in [5.74, 6) is 0. The van der Waals surface area contributed by atoms with Crippen molar-refractivity contribution in [3.63, 3.8) is 0 Å². The lowest BCUT2D eigenvalue weighted by Gasteiger charge is -2.26. The van der Waals surface area contributed by atoms with E-state index in [4.69, 9.17) is 4.42 Å². The van der Waals surface area contributed by atoms with Crippen LogP contribution >= 0.6 is 0 Å². The predicted molar refractivity (Wildman–Crippen MR) is 175 cm³/mol. The molecule has 8 rings (SSSR count). The molecule has 0 spiro atoms. The first-order valence-corrected chi connectivity index (χ1v) is 14.1. The molecule has 0 amide bonds. The minimum absolute atomic E-state index is 0.655. The highest BCUT2D eigenvalue weighted by atomic mass is 16.3. The molecule has 2 heterocycles. The quantitative estimate of drug-likeness (QED) is 0.218. The van der Waals surface area contributed by atoms with Crippen LogP contribution in [0.1, 0.15) is 0 Å². The monoisotopic (exact) mass is 538 g/mol. The summed E-state index contributed by atoms with van der Waals surface area (Å²) < 4.78 is 6.17. The number of benzene rings is 6. The second-order valence-electron chi connectivity index (χ2n) is 10.5. The van der Waals surface area contributed by atoms with Gasteiger partial charge in [0.25, 0.3) is 0 Å². The lowest BCUT2D eigenvalue weighted by molar-refractivity contribution is 0.654. The van der Waals surface area contributed by atoms with E-state index in [9.17, 15) is 0 Å². The van der Waals surface area contributed by atoms with E-state index in [-0.39, 0.29) is 0 Å². The average Bonchev–Trinajstić information content (AvgIpc) is 3.44. The number of furan rings is 1. The van der Waals surface area contributed by atoms with Gasteiger partial charge in [0.05, 0.1) is 0 Å². The van der Waals surface area contributed by atoms with Crippen LogP contribution in [0.2, 0.25) is 0 Å². The molecule has 0 saturated carbocycles. The molecule has 8 aromatic rings. The predicted octanol–water partition coefficient (Wildman–Crippen LogP) is 10.9. The van der Waals surface area contributed by atoms with E-state index in [0.717, 1.165) is 33.4 Å². The third kappa shape index (κ3) is 4.20. The zero-order valence-corrected chi connectivity index (χ0v) is 22.8. The van der Waals surface area contributed by atoms with Crippen molar-refractivity contribution in [2.24, 2.45) is 0 Å².